The molecule has 1 fully saturated rings. The quantitative estimate of drug-likeness (QED) is 0.413. The van der Waals surface area contributed by atoms with E-state index >= 15 is 0 Å². The third-order valence-corrected chi connectivity index (χ3v) is 6.48. The van der Waals surface area contributed by atoms with Crippen LogP contribution in [-0.4, -0.2) is 46.8 Å². The van der Waals surface area contributed by atoms with Crippen LogP contribution < -0.4 is 9.80 Å². The molecule has 2 heterocycles. The number of fused-ring (bicyclic) bond motifs is 1. The van der Waals surface area contributed by atoms with Crippen molar-refractivity contribution in [1.82, 2.24) is 9.55 Å². The third kappa shape index (κ3) is 4.56. The van der Waals surface area contributed by atoms with Crippen molar-refractivity contribution in [2.24, 2.45) is 0 Å². The van der Waals surface area contributed by atoms with E-state index < -0.39 is 11.9 Å². The fourth-order valence-corrected chi connectivity index (χ4v) is 4.71. The predicted molar refractivity (Wildman–Crippen MR) is 133 cm³/mol. The van der Waals surface area contributed by atoms with Gasteiger partial charge < -0.3 is 19.5 Å². The van der Waals surface area contributed by atoms with Crippen LogP contribution in [0.5, 0.6) is 0 Å². The summed E-state index contributed by atoms with van der Waals surface area (Å²) >= 11 is 0. The van der Waals surface area contributed by atoms with Crippen molar-refractivity contribution in [3.8, 4) is 0 Å². The number of aromatic nitrogens is 2. The van der Waals surface area contributed by atoms with Gasteiger partial charge in [0, 0.05) is 44.4 Å². The Bertz CT molecular complexity index is 1360. The smallest absolute Gasteiger partial charge is 0.335 e. The van der Waals surface area contributed by atoms with E-state index in [1.165, 1.54) is 18.2 Å². The Morgan fingerprint density at radius 3 is 2.29 bits per heavy atom. The zero-order chi connectivity index (χ0) is 24.6. The van der Waals surface area contributed by atoms with Crippen LogP contribution in [0.3, 0.4) is 0 Å². The van der Waals surface area contributed by atoms with Crippen molar-refractivity contribution in [2.45, 2.75) is 19.4 Å². The number of nitrogens with zero attached hydrogens (tertiary/aromatic N) is 4. The summed E-state index contributed by atoms with van der Waals surface area (Å²) in [5.74, 6) is -3.36. The first-order chi connectivity index (χ1) is 16.8. The van der Waals surface area contributed by atoms with Crippen molar-refractivity contribution in [2.75, 3.05) is 36.0 Å². The molecule has 0 spiro atoms. The second kappa shape index (κ2) is 9.02. The lowest BCUT2D eigenvalue weighted by Crippen LogP contribution is -2.47. The highest BCUT2D eigenvalue weighted by Crippen LogP contribution is 2.33. The summed E-state index contributed by atoms with van der Waals surface area (Å²) in [6.45, 7) is 4.09. The largest absolute Gasteiger partial charge is 0.478 e. The van der Waals surface area contributed by atoms with E-state index in [1.54, 1.807) is 24.3 Å². The summed E-state index contributed by atoms with van der Waals surface area (Å²) in [5, 5.41) is 9.43. The van der Waals surface area contributed by atoms with Crippen molar-refractivity contribution in [1.29, 1.82) is 0 Å². The first-order valence-corrected chi connectivity index (χ1v) is 11.6. The molecule has 5 rings (SSSR count). The van der Waals surface area contributed by atoms with Gasteiger partial charge in [0.1, 0.15) is 0 Å². The molecule has 0 aliphatic carbocycles. The molecule has 6 nitrogen and oxygen atoms in total. The molecule has 1 aliphatic heterocycles. The minimum Gasteiger partial charge on any atom is -0.478 e. The van der Waals surface area contributed by atoms with E-state index in [9.17, 15) is 18.7 Å². The predicted octanol–water partition coefficient (Wildman–Crippen LogP) is 5.22. The average Bonchev–Trinajstić information content (AvgIpc) is 3.22. The molecule has 180 valence electrons. The maximum absolute atomic E-state index is 14.4. The molecular formula is C27H26F2N4O2. The van der Waals surface area contributed by atoms with E-state index in [-0.39, 0.29) is 17.7 Å². The van der Waals surface area contributed by atoms with Gasteiger partial charge in [-0.2, -0.15) is 0 Å². The number of alkyl halides is 2. The summed E-state index contributed by atoms with van der Waals surface area (Å²) < 4.78 is 30.6. The number of rotatable bonds is 6. The number of aromatic carboxylic acids is 1. The Kier molecular flexibility index (Phi) is 5.88. The van der Waals surface area contributed by atoms with Gasteiger partial charge in [-0.25, -0.2) is 18.6 Å². The molecule has 0 saturated carbocycles. The highest BCUT2D eigenvalue weighted by Gasteiger charge is 2.29. The minimum absolute atomic E-state index is 0.0242. The number of carboxylic acids is 1. The number of carbonyl (C=O) groups is 1. The zero-order valence-corrected chi connectivity index (χ0v) is 19.4. The Morgan fingerprint density at radius 1 is 0.943 bits per heavy atom. The molecule has 35 heavy (non-hydrogen) atoms. The normalized spacial score (nSPS) is 14.5. The van der Waals surface area contributed by atoms with E-state index in [0.29, 0.717) is 35.6 Å². The molecular weight excluding hydrogens is 450 g/mol. The number of hydrogen-bond acceptors (Lipinski definition) is 4. The maximum atomic E-state index is 14.4. The van der Waals surface area contributed by atoms with Crippen LogP contribution in [0.15, 0.2) is 72.8 Å². The molecule has 0 amide bonds. The van der Waals surface area contributed by atoms with Gasteiger partial charge in [-0.3, -0.25) is 0 Å². The summed E-state index contributed by atoms with van der Waals surface area (Å²) in [4.78, 5) is 20.8. The number of carboxylic acid groups (broad SMARTS) is 1. The monoisotopic (exact) mass is 476 g/mol. The second-order valence-electron chi connectivity index (χ2n) is 8.86. The number of imidazole rings is 1. The number of piperazine rings is 1. The summed E-state index contributed by atoms with van der Waals surface area (Å²) in [6, 6.07) is 21.5. The van der Waals surface area contributed by atoms with Crippen LogP contribution in [0, 0.1) is 0 Å². The molecule has 0 unspecified atom stereocenters. The van der Waals surface area contributed by atoms with Crippen LogP contribution in [0.2, 0.25) is 0 Å². The van der Waals surface area contributed by atoms with E-state index in [0.717, 1.165) is 25.7 Å². The maximum Gasteiger partial charge on any atom is 0.335 e. The second-order valence-corrected chi connectivity index (χ2v) is 8.86. The zero-order valence-electron chi connectivity index (χ0n) is 19.4. The third-order valence-electron chi connectivity index (χ3n) is 6.48. The number of benzene rings is 3. The summed E-state index contributed by atoms with van der Waals surface area (Å²) in [6.07, 6.45) is 0. The number of hydrogen-bond donors (Lipinski definition) is 1. The molecule has 1 aliphatic rings. The first kappa shape index (κ1) is 22.8. The van der Waals surface area contributed by atoms with Gasteiger partial charge in [-0.05, 0) is 35.9 Å². The van der Waals surface area contributed by atoms with Gasteiger partial charge in [0.15, 0.2) is 0 Å². The first-order valence-electron chi connectivity index (χ1n) is 11.6. The summed E-state index contributed by atoms with van der Waals surface area (Å²) in [7, 11) is 0. The molecule has 0 radical (unpaired) electrons. The van der Waals surface area contributed by atoms with Gasteiger partial charge in [0.2, 0.25) is 5.95 Å². The number of halogens is 2. The Hall–Kier alpha value is -3.94. The van der Waals surface area contributed by atoms with E-state index in [4.69, 9.17) is 4.98 Å². The molecule has 8 heteroatoms. The summed E-state index contributed by atoms with van der Waals surface area (Å²) in [5.41, 5.74) is 3.03. The molecule has 0 atom stereocenters. The molecule has 4 aromatic rings. The van der Waals surface area contributed by atoms with Crippen molar-refractivity contribution in [3.05, 3.63) is 89.5 Å². The van der Waals surface area contributed by atoms with Crippen LogP contribution in [0.4, 0.5) is 20.4 Å². The van der Waals surface area contributed by atoms with Crippen LogP contribution >= 0.6 is 0 Å². The molecule has 3 aromatic carbocycles. The highest BCUT2D eigenvalue weighted by atomic mass is 19.3. The molecule has 1 aromatic heterocycles. The Labute approximate surface area is 202 Å². The van der Waals surface area contributed by atoms with E-state index in [1.807, 2.05) is 22.8 Å². The van der Waals surface area contributed by atoms with Crippen LogP contribution in [0.25, 0.3) is 11.0 Å². The van der Waals surface area contributed by atoms with Crippen molar-refractivity contribution < 1.29 is 18.7 Å². The standard InChI is InChI=1S/C27H26F2N4O2/c1-27(28,29)22-10-6-5-7-20(22)18-33-24-12-11-19(25(34)35)17-23(24)30-26(33)32-15-13-31(14-16-32)21-8-3-2-4-9-21/h2-12,17H,13-16,18H2,1H3,(H,34,35). The van der Waals surface area contributed by atoms with Gasteiger partial charge in [0.25, 0.3) is 5.92 Å². The number of anilines is 2. The Morgan fingerprint density at radius 2 is 1.60 bits per heavy atom. The van der Waals surface area contributed by atoms with E-state index in [2.05, 4.69) is 21.9 Å². The minimum atomic E-state index is -2.98. The molecule has 1 saturated heterocycles. The van der Waals surface area contributed by atoms with Crippen LogP contribution in [-0.2, 0) is 12.5 Å². The fourth-order valence-electron chi connectivity index (χ4n) is 4.71. The highest BCUT2D eigenvalue weighted by molar-refractivity contribution is 5.93. The van der Waals surface area contributed by atoms with Crippen molar-refractivity contribution >= 4 is 28.6 Å². The van der Waals surface area contributed by atoms with Gasteiger partial charge in [-0.1, -0.05) is 42.5 Å². The number of para-hydroxylation sites is 1. The lowest BCUT2D eigenvalue weighted by Gasteiger charge is -2.37. The molecule has 0 bridgehead atoms. The lowest BCUT2D eigenvalue weighted by atomic mass is 10.0. The fraction of sp³-hybridized carbons (Fsp3) is 0.259. The van der Waals surface area contributed by atoms with Crippen LogP contribution in [0.1, 0.15) is 28.4 Å². The van der Waals surface area contributed by atoms with Gasteiger partial charge >= 0.3 is 5.97 Å². The van der Waals surface area contributed by atoms with Gasteiger partial charge in [-0.15, -0.1) is 0 Å². The van der Waals surface area contributed by atoms with Crippen molar-refractivity contribution in [3.63, 3.8) is 0 Å². The average molecular weight is 477 g/mol. The topological polar surface area (TPSA) is 61.6 Å². The SMILES string of the molecule is CC(F)(F)c1ccccc1Cn1c(N2CCN(c3ccccc3)CC2)nc2cc(C(=O)O)ccc21. The molecule has 1 N–H and O–H groups in total. The Balaban J connectivity index is 1.53. The lowest BCUT2D eigenvalue weighted by molar-refractivity contribution is 0.0164. The van der Waals surface area contributed by atoms with Gasteiger partial charge in [0.05, 0.1) is 23.1 Å².